The highest BCUT2D eigenvalue weighted by molar-refractivity contribution is 5.40. The first-order valence-electron chi connectivity index (χ1n) is 6.17. The standard InChI is InChI=1S/C16H14FNO2/c1-19-7-6-12-2-4-15(5-3-12)20-16-9-13(11-18)8-14(17)10-16/h2-5,8-10H,6-7H2,1H3. The van der Waals surface area contributed by atoms with Crippen molar-refractivity contribution in [1.29, 1.82) is 5.26 Å². The van der Waals surface area contributed by atoms with Crippen LogP contribution in [0.25, 0.3) is 0 Å². The summed E-state index contributed by atoms with van der Waals surface area (Å²) in [6.45, 7) is 0.662. The lowest BCUT2D eigenvalue weighted by molar-refractivity contribution is 0.202. The van der Waals surface area contributed by atoms with E-state index in [4.69, 9.17) is 14.7 Å². The van der Waals surface area contributed by atoms with Crippen molar-refractivity contribution in [2.24, 2.45) is 0 Å². The summed E-state index contributed by atoms with van der Waals surface area (Å²) >= 11 is 0. The van der Waals surface area contributed by atoms with Gasteiger partial charge in [0.1, 0.15) is 17.3 Å². The van der Waals surface area contributed by atoms with Gasteiger partial charge in [0.15, 0.2) is 0 Å². The van der Waals surface area contributed by atoms with E-state index in [1.807, 2.05) is 30.3 Å². The van der Waals surface area contributed by atoms with Crippen molar-refractivity contribution in [3.05, 3.63) is 59.4 Å². The van der Waals surface area contributed by atoms with Gasteiger partial charge in [-0.15, -0.1) is 0 Å². The fourth-order valence-corrected chi connectivity index (χ4v) is 1.77. The highest BCUT2D eigenvalue weighted by atomic mass is 19.1. The zero-order valence-corrected chi connectivity index (χ0v) is 11.1. The first-order chi connectivity index (χ1) is 9.71. The summed E-state index contributed by atoms with van der Waals surface area (Å²) in [6, 6.07) is 13.3. The average molecular weight is 271 g/mol. The zero-order chi connectivity index (χ0) is 14.4. The molecular weight excluding hydrogens is 257 g/mol. The molecule has 0 aromatic heterocycles. The van der Waals surface area contributed by atoms with Gasteiger partial charge in [0.25, 0.3) is 0 Å². The van der Waals surface area contributed by atoms with Crippen LogP contribution in [0.15, 0.2) is 42.5 Å². The minimum absolute atomic E-state index is 0.233. The molecule has 0 unspecified atom stereocenters. The van der Waals surface area contributed by atoms with E-state index in [0.717, 1.165) is 12.0 Å². The Balaban J connectivity index is 2.10. The van der Waals surface area contributed by atoms with Gasteiger partial charge in [-0.25, -0.2) is 4.39 Å². The van der Waals surface area contributed by atoms with Crippen LogP contribution < -0.4 is 4.74 Å². The number of methoxy groups -OCH3 is 1. The van der Waals surface area contributed by atoms with Crippen molar-refractivity contribution in [3.8, 4) is 17.6 Å². The van der Waals surface area contributed by atoms with Crippen LogP contribution in [-0.4, -0.2) is 13.7 Å². The number of hydrogen-bond donors (Lipinski definition) is 0. The molecule has 3 nitrogen and oxygen atoms in total. The van der Waals surface area contributed by atoms with Gasteiger partial charge < -0.3 is 9.47 Å². The maximum absolute atomic E-state index is 13.3. The third-order valence-electron chi connectivity index (χ3n) is 2.75. The molecule has 0 fully saturated rings. The summed E-state index contributed by atoms with van der Waals surface area (Å²) in [5.74, 6) is 0.419. The maximum Gasteiger partial charge on any atom is 0.131 e. The lowest BCUT2D eigenvalue weighted by Gasteiger charge is -2.07. The second-order valence-corrected chi connectivity index (χ2v) is 4.28. The predicted octanol–water partition coefficient (Wildman–Crippen LogP) is 3.68. The number of ether oxygens (including phenoxy) is 2. The number of benzene rings is 2. The van der Waals surface area contributed by atoms with Gasteiger partial charge in [0.2, 0.25) is 0 Å². The fourth-order valence-electron chi connectivity index (χ4n) is 1.77. The van der Waals surface area contributed by atoms with Crippen LogP contribution in [0.5, 0.6) is 11.5 Å². The number of nitrogens with zero attached hydrogens (tertiary/aromatic N) is 1. The molecule has 2 aromatic rings. The number of rotatable bonds is 5. The number of hydrogen-bond acceptors (Lipinski definition) is 3. The van der Waals surface area contributed by atoms with Crippen molar-refractivity contribution in [2.75, 3.05) is 13.7 Å². The topological polar surface area (TPSA) is 42.2 Å². The molecule has 0 aliphatic carbocycles. The smallest absolute Gasteiger partial charge is 0.131 e. The monoisotopic (exact) mass is 271 g/mol. The van der Waals surface area contributed by atoms with Crippen LogP contribution >= 0.6 is 0 Å². The van der Waals surface area contributed by atoms with Gasteiger partial charge in [0.05, 0.1) is 18.2 Å². The van der Waals surface area contributed by atoms with Gasteiger partial charge in [0, 0.05) is 13.2 Å². The molecule has 0 bridgehead atoms. The lowest BCUT2D eigenvalue weighted by atomic mass is 10.1. The molecule has 20 heavy (non-hydrogen) atoms. The number of halogens is 1. The van der Waals surface area contributed by atoms with Gasteiger partial charge >= 0.3 is 0 Å². The second kappa shape index (κ2) is 6.69. The summed E-state index contributed by atoms with van der Waals surface area (Å²) in [6.07, 6.45) is 0.829. The quantitative estimate of drug-likeness (QED) is 0.833. The van der Waals surface area contributed by atoms with Crippen molar-refractivity contribution in [1.82, 2.24) is 0 Å². The maximum atomic E-state index is 13.3. The third-order valence-corrected chi connectivity index (χ3v) is 2.75. The van der Waals surface area contributed by atoms with E-state index in [-0.39, 0.29) is 5.56 Å². The number of nitriles is 1. The Morgan fingerprint density at radius 1 is 1.10 bits per heavy atom. The summed E-state index contributed by atoms with van der Waals surface area (Å²) in [5, 5.41) is 8.79. The van der Waals surface area contributed by atoms with E-state index < -0.39 is 5.82 Å². The molecule has 0 heterocycles. The van der Waals surface area contributed by atoms with E-state index >= 15 is 0 Å². The Morgan fingerprint density at radius 2 is 1.85 bits per heavy atom. The Bertz CT molecular complexity index is 617. The van der Waals surface area contributed by atoms with E-state index in [0.29, 0.717) is 18.1 Å². The molecule has 0 atom stereocenters. The summed E-state index contributed by atoms with van der Waals surface area (Å²) in [5.41, 5.74) is 1.37. The Morgan fingerprint density at radius 3 is 2.50 bits per heavy atom. The Kier molecular flexibility index (Phi) is 4.70. The van der Waals surface area contributed by atoms with Crippen LogP contribution in [0.4, 0.5) is 4.39 Å². The SMILES string of the molecule is COCCc1ccc(Oc2cc(F)cc(C#N)c2)cc1. The van der Waals surface area contributed by atoms with E-state index in [9.17, 15) is 4.39 Å². The normalized spacial score (nSPS) is 10.1. The Labute approximate surface area is 117 Å². The van der Waals surface area contributed by atoms with Crippen LogP contribution in [0.1, 0.15) is 11.1 Å². The van der Waals surface area contributed by atoms with E-state index in [2.05, 4.69) is 0 Å². The second-order valence-electron chi connectivity index (χ2n) is 4.28. The minimum Gasteiger partial charge on any atom is -0.457 e. The zero-order valence-electron chi connectivity index (χ0n) is 11.1. The van der Waals surface area contributed by atoms with Crippen LogP contribution in [0.2, 0.25) is 0 Å². The van der Waals surface area contributed by atoms with Gasteiger partial charge in [-0.05, 0) is 36.2 Å². The van der Waals surface area contributed by atoms with Crippen molar-refractivity contribution < 1.29 is 13.9 Å². The first kappa shape index (κ1) is 14.0. The molecule has 2 rings (SSSR count). The van der Waals surface area contributed by atoms with Crippen LogP contribution in [0, 0.1) is 17.1 Å². The molecule has 2 aromatic carbocycles. The molecule has 0 aliphatic rings. The minimum atomic E-state index is -0.490. The highest BCUT2D eigenvalue weighted by Gasteiger charge is 2.03. The lowest BCUT2D eigenvalue weighted by Crippen LogP contribution is -1.94. The third kappa shape index (κ3) is 3.81. The van der Waals surface area contributed by atoms with Gasteiger partial charge in [-0.2, -0.15) is 5.26 Å². The van der Waals surface area contributed by atoms with Gasteiger partial charge in [-0.3, -0.25) is 0 Å². The predicted molar refractivity (Wildman–Crippen MR) is 73.2 cm³/mol. The molecular formula is C16H14FNO2. The van der Waals surface area contributed by atoms with Crippen LogP contribution in [0.3, 0.4) is 0 Å². The highest BCUT2D eigenvalue weighted by Crippen LogP contribution is 2.23. The molecule has 0 saturated carbocycles. The largest absolute Gasteiger partial charge is 0.457 e. The van der Waals surface area contributed by atoms with E-state index in [1.54, 1.807) is 7.11 Å². The van der Waals surface area contributed by atoms with E-state index in [1.165, 1.54) is 18.2 Å². The molecule has 0 aliphatic heterocycles. The summed E-state index contributed by atoms with van der Waals surface area (Å²) in [4.78, 5) is 0. The molecule has 102 valence electrons. The van der Waals surface area contributed by atoms with Crippen LogP contribution in [-0.2, 0) is 11.2 Å². The van der Waals surface area contributed by atoms with Crippen molar-refractivity contribution in [2.45, 2.75) is 6.42 Å². The fraction of sp³-hybridized carbons (Fsp3) is 0.188. The summed E-state index contributed by atoms with van der Waals surface area (Å²) < 4.78 is 23.8. The van der Waals surface area contributed by atoms with Crippen molar-refractivity contribution in [3.63, 3.8) is 0 Å². The molecule has 0 N–H and O–H groups in total. The Hall–Kier alpha value is -2.38. The van der Waals surface area contributed by atoms with Gasteiger partial charge in [-0.1, -0.05) is 12.1 Å². The molecule has 0 saturated heterocycles. The molecule has 0 amide bonds. The molecule has 0 radical (unpaired) electrons. The molecule has 0 spiro atoms. The molecule has 4 heteroatoms. The van der Waals surface area contributed by atoms with Crippen molar-refractivity contribution >= 4 is 0 Å². The first-order valence-corrected chi connectivity index (χ1v) is 6.17. The summed E-state index contributed by atoms with van der Waals surface area (Å²) in [7, 11) is 1.66. The average Bonchev–Trinajstić information content (AvgIpc) is 2.46.